The topological polar surface area (TPSA) is 34.1 Å². The highest BCUT2D eigenvalue weighted by molar-refractivity contribution is 6.47. The van der Waals surface area contributed by atoms with Gasteiger partial charge in [-0.3, -0.25) is 9.59 Å². The average molecular weight is 999 g/mol. The molecule has 0 fully saturated rings. The zero-order chi connectivity index (χ0) is 53.5. The van der Waals surface area contributed by atoms with Gasteiger partial charge in [0.25, 0.3) is 0 Å². The lowest BCUT2D eigenvalue weighted by Crippen LogP contribution is -2.10. The van der Waals surface area contributed by atoms with Crippen molar-refractivity contribution in [1.29, 1.82) is 0 Å². The summed E-state index contributed by atoms with van der Waals surface area (Å²) in [6, 6.07) is 70.9. The molecule has 0 radical (unpaired) electrons. The van der Waals surface area contributed by atoms with Crippen molar-refractivity contribution in [2.24, 2.45) is 0 Å². The van der Waals surface area contributed by atoms with Crippen LogP contribution in [-0.4, -0.2) is 11.6 Å². The molecule has 8 aromatic rings. The van der Waals surface area contributed by atoms with Crippen LogP contribution in [0.25, 0.3) is 33.4 Å². The Kier molecular flexibility index (Phi) is 16.3. The number of benzene rings is 8. The van der Waals surface area contributed by atoms with Gasteiger partial charge in [-0.1, -0.05) is 249 Å². The van der Waals surface area contributed by atoms with Crippen LogP contribution in [0.15, 0.2) is 279 Å². The number of carbonyl (C=O) groups is 2. The number of allylic oxidation sites excluding steroid dienone is 12. The SMILES string of the molecule is C=C(C(=O)/C(=C(/c1ccc(C#CC2=CCCC=C2)cc1)c1cc(C#Cc2ccccc2)cc(/C(=C(\C(=O)C(=C)c2ccccc2)c2ccccc2)c2ccc(C#CC3=CCCC=C3)cc2)c1)c1ccccc1)c1ccccc1. The Morgan fingerprint density at radius 1 is 0.308 bits per heavy atom. The van der Waals surface area contributed by atoms with E-state index >= 15 is 9.59 Å². The normalized spacial score (nSPS) is 13.0. The molecule has 0 atom stereocenters. The summed E-state index contributed by atoms with van der Waals surface area (Å²) >= 11 is 0. The van der Waals surface area contributed by atoms with Gasteiger partial charge in [0, 0.05) is 66.8 Å². The first-order chi connectivity index (χ1) is 38.4. The second-order valence-electron chi connectivity index (χ2n) is 18.9. The van der Waals surface area contributed by atoms with Gasteiger partial charge in [-0.25, -0.2) is 0 Å². The van der Waals surface area contributed by atoms with E-state index in [-0.39, 0.29) is 11.6 Å². The molecule has 0 aliphatic heterocycles. The van der Waals surface area contributed by atoms with Crippen molar-refractivity contribution in [1.82, 2.24) is 0 Å². The van der Waals surface area contributed by atoms with Crippen molar-refractivity contribution in [3.8, 4) is 35.5 Å². The number of rotatable bonds is 12. The molecule has 0 unspecified atom stereocenters. The summed E-state index contributed by atoms with van der Waals surface area (Å²) in [5.74, 6) is 19.9. The molecule has 78 heavy (non-hydrogen) atoms. The highest BCUT2D eigenvalue weighted by Crippen LogP contribution is 2.41. The second kappa shape index (κ2) is 24.8. The third kappa shape index (κ3) is 12.4. The van der Waals surface area contributed by atoms with E-state index in [4.69, 9.17) is 0 Å². The smallest absolute Gasteiger partial charge is 0.194 e. The molecule has 0 bridgehead atoms. The van der Waals surface area contributed by atoms with Gasteiger partial charge in [0.05, 0.1) is 0 Å². The summed E-state index contributed by atoms with van der Waals surface area (Å²) < 4.78 is 0. The molecule has 2 nitrogen and oxygen atoms in total. The largest absolute Gasteiger partial charge is 0.289 e. The summed E-state index contributed by atoms with van der Waals surface area (Å²) in [7, 11) is 0. The Morgan fingerprint density at radius 2 is 0.641 bits per heavy atom. The molecule has 0 saturated heterocycles. The van der Waals surface area contributed by atoms with Crippen LogP contribution in [0, 0.1) is 35.5 Å². The molecule has 2 aliphatic rings. The van der Waals surface area contributed by atoms with E-state index in [1.807, 2.05) is 212 Å². The van der Waals surface area contributed by atoms with E-state index in [1.54, 1.807) is 0 Å². The molecule has 0 amide bonds. The summed E-state index contributed by atoms with van der Waals surface area (Å²) in [4.78, 5) is 31.4. The summed E-state index contributed by atoms with van der Waals surface area (Å²) in [6.07, 6.45) is 16.7. The Labute approximate surface area is 459 Å². The van der Waals surface area contributed by atoms with E-state index in [0.717, 1.165) is 64.6 Å². The van der Waals surface area contributed by atoms with Crippen molar-refractivity contribution in [3.63, 3.8) is 0 Å². The van der Waals surface area contributed by atoms with Gasteiger partial charge in [0.2, 0.25) is 0 Å². The van der Waals surface area contributed by atoms with Crippen molar-refractivity contribution in [3.05, 3.63) is 346 Å². The second-order valence-corrected chi connectivity index (χ2v) is 18.9. The van der Waals surface area contributed by atoms with E-state index in [0.29, 0.717) is 72.4 Å². The predicted molar refractivity (Wildman–Crippen MR) is 324 cm³/mol. The minimum atomic E-state index is -0.240. The minimum Gasteiger partial charge on any atom is -0.289 e. The molecule has 10 rings (SSSR count). The molecule has 0 N–H and O–H groups in total. The van der Waals surface area contributed by atoms with Gasteiger partial charge < -0.3 is 0 Å². The van der Waals surface area contributed by atoms with E-state index < -0.39 is 0 Å². The van der Waals surface area contributed by atoms with Gasteiger partial charge in [-0.05, 0) is 125 Å². The van der Waals surface area contributed by atoms with Gasteiger partial charge in [-0.2, -0.15) is 0 Å². The van der Waals surface area contributed by atoms with Crippen LogP contribution < -0.4 is 0 Å². The van der Waals surface area contributed by atoms with Crippen LogP contribution in [0.1, 0.15) is 92.4 Å². The molecule has 2 aliphatic carbocycles. The average Bonchev–Trinajstić information content (AvgIpc) is 3.58. The third-order valence-corrected chi connectivity index (χ3v) is 13.5. The van der Waals surface area contributed by atoms with Crippen molar-refractivity contribution < 1.29 is 9.59 Å². The van der Waals surface area contributed by atoms with Gasteiger partial charge >= 0.3 is 0 Å². The maximum atomic E-state index is 15.7. The van der Waals surface area contributed by atoms with Crippen LogP contribution in [0.2, 0.25) is 0 Å². The Bertz CT molecular complexity index is 3720. The minimum absolute atomic E-state index is 0.240. The quantitative estimate of drug-likeness (QED) is 0.0694. The molecular formula is C76H54O2. The highest BCUT2D eigenvalue weighted by atomic mass is 16.1. The number of hydrogen-bond donors (Lipinski definition) is 0. The van der Waals surface area contributed by atoms with E-state index in [1.165, 1.54) is 0 Å². The van der Waals surface area contributed by atoms with E-state index in [2.05, 4.69) is 91.2 Å². The molecule has 0 aromatic heterocycles. The fourth-order valence-electron chi connectivity index (χ4n) is 9.54. The first kappa shape index (κ1) is 51.2. The summed E-state index contributed by atoms with van der Waals surface area (Å²) in [6.45, 7) is 8.90. The molecule has 8 aromatic carbocycles. The first-order valence-electron chi connectivity index (χ1n) is 26.2. The van der Waals surface area contributed by atoms with Crippen molar-refractivity contribution >= 4 is 45.0 Å². The van der Waals surface area contributed by atoms with Crippen LogP contribution in [0.5, 0.6) is 0 Å². The standard InChI is InChI=1S/C76H54O2/c1-55(63-30-16-6-17-31-63)75(77)73(65-34-20-8-21-35-65)71(67-48-44-60(45-49-67)40-38-57-24-10-3-11-25-57)69-52-62(43-42-59-28-14-5-15-29-59)53-70(54-69)72(68-50-46-61(47-51-68)41-39-58-26-12-4-13-27-58)74(66-36-22-9-23-37-66)76(78)56(2)64-32-18-7-19-33-64/h5-10,12,14-37,44-54H,1-4,11,13H2/b73-71-,74-72-. The van der Waals surface area contributed by atoms with Crippen LogP contribution in [0.3, 0.4) is 0 Å². The zero-order valence-electron chi connectivity index (χ0n) is 43.3. The van der Waals surface area contributed by atoms with Crippen LogP contribution in [0.4, 0.5) is 0 Å². The first-order valence-corrected chi connectivity index (χ1v) is 26.2. The molecule has 0 heterocycles. The van der Waals surface area contributed by atoms with E-state index in [9.17, 15) is 0 Å². The fraction of sp³-hybridized carbons (Fsp3) is 0.0526. The Morgan fingerprint density at radius 3 is 1.01 bits per heavy atom. The third-order valence-electron chi connectivity index (χ3n) is 13.5. The molecule has 370 valence electrons. The lowest BCUT2D eigenvalue weighted by atomic mass is 9.80. The van der Waals surface area contributed by atoms with Gasteiger partial charge in [0.15, 0.2) is 11.6 Å². The van der Waals surface area contributed by atoms with Crippen LogP contribution >= 0.6 is 0 Å². The molecule has 0 spiro atoms. The molecule has 0 saturated carbocycles. The predicted octanol–water partition coefficient (Wildman–Crippen LogP) is 16.8. The number of hydrogen-bond acceptors (Lipinski definition) is 2. The Hall–Kier alpha value is -10.3. The maximum absolute atomic E-state index is 15.7. The highest BCUT2D eigenvalue weighted by Gasteiger charge is 2.27. The number of carbonyl (C=O) groups excluding carboxylic acids is 2. The fourth-order valence-corrected chi connectivity index (χ4v) is 9.54. The number of Topliss-reactive ketones (excluding diaryl/α,β-unsaturated/α-hetero) is 2. The zero-order valence-corrected chi connectivity index (χ0v) is 43.3. The lowest BCUT2D eigenvalue weighted by Gasteiger charge is -2.21. The molecule has 2 heteroatoms. The van der Waals surface area contributed by atoms with Crippen molar-refractivity contribution in [2.75, 3.05) is 0 Å². The maximum Gasteiger partial charge on any atom is 0.194 e. The Balaban J connectivity index is 1.28. The monoisotopic (exact) mass is 998 g/mol. The van der Waals surface area contributed by atoms with Crippen molar-refractivity contribution in [2.45, 2.75) is 25.7 Å². The summed E-state index contributed by atoms with van der Waals surface area (Å²) in [5, 5.41) is 0. The molecular weight excluding hydrogens is 945 g/mol. The number of ketones is 2. The van der Waals surface area contributed by atoms with Crippen LogP contribution in [-0.2, 0) is 9.59 Å². The lowest BCUT2D eigenvalue weighted by molar-refractivity contribution is -0.109. The van der Waals surface area contributed by atoms with Gasteiger partial charge in [0.1, 0.15) is 0 Å². The summed E-state index contributed by atoms with van der Waals surface area (Å²) in [5.41, 5.74) is 13.8. The van der Waals surface area contributed by atoms with Gasteiger partial charge in [-0.15, -0.1) is 0 Å².